The molecule has 84 valence electrons. The van der Waals surface area contributed by atoms with Crippen LogP contribution in [0.4, 0.5) is 0 Å². The lowest BCUT2D eigenvalue weighted by Crippen LogP contribution is -2.31. The first-order valence-electron chi connectivity index (χ1n) is 5.43. The van der Waals surface area contributed by atoms with Crippen LogP contribution in [-0.4, -0.2) is 21.3 Å². The van der Waals surface area contributed by atoms with Gasteiger partial charge in [0.2, 0.25) is 0 Å². The Kier molecular flexibility index (Phi) is 2.29. The average molecular weight is 234 g/mol. The number of fused-ring (bicyclic) bond motifs is 1. The Morgan fingerprint density at radius 1 is 1.50 bits per heavy atom. The van der Waals surface area contributed by atoms with Gasteiger partial charge in [-0.2, -0.15) is 0 Å². The van der Waals surface area contributed by atoms with E-state index in [0.29, 0.717) is 0 Å². The van der Waals surface area contributed by atoms with E-state index < -0.39 is 0 Å². The van der Waals surface area contributed by atoms with E-state index in [9.17, 15) is 0 Å². The fraction of sp³-hybridized carbons (Fsp3) is 0.455. The number of aromatic nitrogens is 3. The molecule has 0 bridgehead atoms. The summed E-state index contributed by atoms with van der Waals surface area (Å²) in [6.45, 7) is 3.00. The van der Waals surface area contributed by atoms with Crippen molar-refractivity contribution in [1.29, 1.82) is 0 Å². The van der Waals surface area contributed by atoms with E-state index in [-0.39, 0.29) is 6.04 Å². The molecule has 0 spiro atoms. The molecule has 1 aliphatic rings. The highest BCUT2D eigenvalue weighted by Gasteiger charge is 2.26. The number of nitrogens with zero attached hydrogens (tertiary/aromatic N) is 3. The summed E-state index contributed by atoms with van der Waals surface area (Å²) < 4.78 is 2.06. The molecule has 0 fully saturated rings. The highest BCUT2D eigenvalue weighted by molar-refractivity contribution is 7.10. The van der Waals surface area contributed by atoms with Crippen LogP contribution in [0, 0.1) is 6.92 Å². The lowest BCUT2D eigenvalue weighted by molar-refractivity contribution is 0.532. The predicted molar refractivity (Wildman–Crippen MR) is 63.6 cm³/mol. The van der Waals surface area contributed by atoms with Gasteiger partial charge in [-0.15, -0.1) is 21.5 Å². The molecular formula is C11H14N4S. The second kappa shape index (κ2) is 3.68. The zero-order valence-corrected chi connectivity index (χ0v) is 10.2. The lowest BCUT2D eigenvalue weighted by Gasteiger charge is -2.23. The van der Waals surface area contributed by atoms with Crippen molar-refractivity contribution in [2.24, 2.45) is 7.05 Å². The van der Waals surface area contributed by atoms with E-state index in [1.165, 1.54) is 10.4 Å². The van der Waals surface area contributed by atoms with Gasteiger partial charge in [0.25, 0.3) is 0 Å². The van der Waals surface area contributed by atoms with Crippen LogP contribution in [0.2, 0.25) is 0 Å². The van der Waals surface area contributed by atoms with Crippen LogP contribution < -0.4 is 5.32 Å². The summed E-state index contributed by atoms with van der Waals surface area (Å²) in [7, 11) is 2.02. The molecule has 16 heavy (non-hydrogen) atoms. The monoisotopic (exact) mass is 234 g/mol. The Morgan fingerprint density at radius 2 is 2.38 bits per heavy atom. The predicted octanol–water partition coefficient (Wildman–Crippen LogP) is 1.42. The van der Waals surface area contributed by atoms with E-state index in [2.05, 4.69) is 31.5 Å². The number of nitrogens with one attached hydrogen (secondary N) is 1. The Morgan fingerprint density at radius 3 is 3.12 bits per heavy atom. The molecular weight excluding hydrogens is 220 g/mol. The smallest absolute Gasteiger partial charge is 0.154 e. The normalized spacial score (nSPS) is 19.8. The molecule has 5 heteroatoms. The molecule has 2 aromatic rings. The Balaban J connectivity index is 2.07. The van der Waals surface area contributed by atoms with Crippen LogP contribution in [0.5, 0.6) is 0 Å². The molecule has 0 saturated heterocycles. The van der Waals surface area contributed by atoms with Gasteiger partial charge in [0.15, 0.2) is 5.82 Å². The second-order valence-electron chi connectivity index (χ2n) is 4.10. The molecule has 0 aromatic carbocycles. The zero-order valence-electron chi connectivity index (χ0n) is 9.40. The van der Waals surface area contributed by atoms with Crippen molar-refractivity contribution in [3.05, 3.63) is 33.5 Å². The minimum atomic E-state index is 0.209. The minimum absolute atomic E-state index is 0.209. The van der Waals surface area contributed by atoms with Crippen LogP contribution >= 0.6 is 11.3 Å². The van der Waals surface area contributed by atoms with Crippen LogP contribution in [0.25, 0.3) is 0 Å². The molecule has 2 aromatic heterocycles. The van der Waals surface area contributed by atoms with Gasteiger partial charge < -0.3 is 9.88 Å². The van der Waals surface area contributed by atoms with Crippen molar-refractivity contribution >= 4 is 11.3 Å². The quantitative estimate of drug-likeness (QED) is 0.811. The first-order chi connectivity index (χ1) is 7.77. The number of hydrogen-bond acceptors (Lipinski definition) is 4. The summed E-state index contributed by atoms with van der Waals surface area (Å²) in [5, 5.41) is 14.1. The maximum Gasteiger partial charge on any atom is 0.154 e. The fourth-order valence-electron chi connectivity index (χ4n) is 2.16. The van der Waals surface area contributed by atoms with Gasteiger partial charge in [0.05, 0.1) is 6.04 Å². The first-order valence-corrected chi connectivity index (χ1v) is 6.31. The number of aryl methyl sites for hydroxylation is 1. The SMILES string of the molecule is Cc1nnc(C2NCCc3sccc32)n1C. The third kappa shape index (κ3) is 1.39. The summed E-state index contributed by atoms with van der Waals surface area (Å²) >= 11 is 1.84. The molecule has 0 saturated carbocycles. The van der Waals surface area contributed by atoms with Gasteiger partial charge in [-0.05, 0) is 30.4 Å². The van der Waals surface area contributed by atoms with E-state index in [1.807, 2.05) is 25.3 Å². The summed E-state index contributed by atoms with van der Waals surface area (Å²) in [5.74, 6) is 1.97. The Hall–Kier alpha value is -1.20. The van der Waals surface area contributed by atoms with Crippen LogP contribution in [0.15, 0.2) is 11.4 Å². The average Bonchev–Trinajstić information content (AvgIpc) is 2.87. The van der Waals surface area contributed by atoms with Gasteiger partial charge in [-0.3, -0.25) is 0 Å². The lowest BCUT2D eigenvalue weighted by atomic mass is 10.0. The van der Waals surface area contributed by atoms with Gasteiger partial charge in [0.1, 0.15) is 5.82 Å². The zero-order chi connectivity index (χ0) is 11.1. The van der Waals surface area contributed by atoms with Crippen molar-refractivity contribution in [2.45, 2.75) is 19.4 Å². The molecule has 0 aliphatic carbocycles. The molecule has 3 rings (SSSR count). The molecule has 4 nitrogen and oxygen atoms in total. The maximum absolute atomic E-state index is 4.27. The first kappa shape index (κ1) is 9.99. The molecule has 1 atom stereocenters. The molecule has 1 unspecified atom stereocenters. The molecule has 0 amide bonds. The minimum Gasteiger partial charge on any atom is -0.317 e. The number of hydrogen-bond donors (Lipinski definition) is 1. The van der Waals surface area contributed by atoms with E-state index in [0.717, 1.165) is 24.6 Å². The Labute approximate surface area is 98.3 Å². The topological polar surface area (TPSA) is 42.7 Å². The van der Waals surface area contributed by atoms with Crippen molar-refractivity contribution in [2.75, 3.05) is 6.54 Å². The van der Waals surface area contributed by atoms with Gasteiger partial charge in [-0.25, -0.2) is 0 Å². The second-order valence-corrected chi connectivity index (χ2v) is 5.10. The van der Waals surface area contributed by atoms with E-state index in [4.69, 9.17) is 0 Å². The molecule has 3 heterocycles. The Bertz CT molecular complexity index is 514. The number of thiophene rings is 1. The van der Waals surface area contributed by atoms with Crippen molar-refractivity contribution in [1.82, 2.24) is 20.1 Å². The highest BCUT2D eigenvalue weighted by Crippen LogP contribution is 2.30. The number of rotatable bonds is 1. The van der Waals surface area contributed by atoms with Gasteiger partial charge in [0, 0.05) is 18.5 Å². The standard InChI is InChI=1S/C11H14N4S/c1-7-13-14-11(15(7)2)10-8-4-6-16-9(8)3-5-12-10/h4,6,10,12H,3,5H2,1-2H3. The summed E-state index contributed by atoms with van der Waals surface area (Å²) in [6.07, 6.45) is 1.13. The molecule has 1 N–H and O–H groups in total. The van der Waals surface area contributed by atoms with E-state index >= 15 is 0 Å². The molecule has 1 aliphatic heterocycles. The highest BCUT2D eigenvalue weighted by atomic mass is 32.1. The third-order valence-electron chi connectivity index (χ3n) is 3.18. The fourth-order valence-corrected chi connectivity index (χ4v) is 3.08. The molecule has 0 radical (unpaired) electrons. The van der Waals surface area contributed by atoms with Crippen molar-refractivity contribution in [3.63, 3.8) is 0 Å². The van der Waals surface area contributed by atoms with E-state index in [1.54, 1.807) is 0 Å². The van der Waals surface area contributed by atoms with Gasteiger partial charge >= 0.3 is 0 Å². The summed E-state index contributed by atoms with van der Waals surface area (Å²) in [4.78, 5) is 1.48. The third-order valence-corrected chi connectivity index (χ3v) is 4.17. The van der Waals surface area contributed by atoms with Crippen molar-refractivity contribution < 1.29 is 0 Å². The van der Waals surface area contributed by atoms with Crippen molar-refractivity contribution in [3.8, 4) is 0 Å². The van der Waals surface area contributed by atoms with Crippen LogP contribution in [0.1, 0.15) is 28.1 Å². The largest absolute Gasteiger partial charge is 0.317 e. The van der Waals surface area contributed by atoms with Gasteiger partial charge in [-0.1, -0.05) is 0 Å². The maximum atomic E-state index is 4.27. The summed E-state index contributed by atoms with van der Waals surface area (Å²) in [6, 6.07) is 2.40. The van der Waals surface area contributed by atoms with Crippen LogP contribution in [0.3, 0.4) is 0 Å². The van der Waals surface area contributed by atoms with Crippen LogP contribution in [-0.2, 0) is 13.5 Å². The summed E-state index contributed by atoms with van der Waals surface area (Å²) in [5.41, 5.74) is 1.37.